The number of hydrogen-bond acceptors (Lipinski definition) is 3. The second-order valence-corrected chi connectivity index (χ2v) is 6.26. The predicted octanol–water partition coefficient (Wildman–Crippen LogP) is 3.04. The molecule has 0 aliphatic rings. The standard InChI is InChI=1S/C12H26O3/c1-11(2,3)7-13-9-15-10-14-8-12(4,5)6/h7-10H2,1-6H3. The van der Waals surface area contributed by atoms with E-state index in [2.05, 4.69) is 41.5 Å². The highest BCUT2D eigenvalue weighted by Gasteiger charge is 2.10. The maximum absolute atomic E-state index is 5.33. The molecule has 0 saturated carbocycles. The first-order valence-corrected chi connectivity index (χ1v) is 5.44. The van der Waals surface area contributed by atoms with E-state index in [1.807, 2.05) is 0 Å². The molecule has 0 saturated heterocycles. The molecule has 0 bridgehead atoms. The van der Waals surface area contributed by atoms with Crippen molar-refractivity contribution < 1.29 is 14.2 Å². The molecule has 0 heterocycles. The summed E-state index contributed by atoms with van der Waals surface area (Å²) in [4.78, 5) is 0. The van der Waals surface area contributed by atoms with E-state index < -0.39 is 0 Å². The van der Waals surface area contributed by atoms with Crippen LogP contribution in [0.2, 0.25) is 0 Å². The van der Waals surface area contributed by atoms with Crippen molar-refractivity contribution in [3.8, 4) is 0 Å². The second kappa shape index (κ2) is 6.46. The summed E-state index contributed by atoms with van der Waals surface area (Å²) >= 11 is 0. The summed E-state index contributed by atoms with van der Waals surface area (Å²) in [5.74, 6) is 0. The van der Waals surface area contributed by atoms with Gasteiger partial charge in [-0.15, -0.1) is 0 Å². The van der Waals surface area contributed by atoms with Crippen LogP contribution < -0.4 is 0 Å². The topological polar surface area (TPSA) is 27.7 Å². The quantitative estimate of drug-likeness (QED) is 0.506. The Morgan fingerprint density at radius 1 is 0.600 bits per heavy atom. The highest BCUT2D eigenvalue weighted by molar-refractivity contribution is 4.58. The van der Waals surface area contributed by atoms with Crippen molar-refractivity contribution in [2.24, 2.45) is 10.8 Å². The zero-order valence-electron chi connectivity index (χ0n) is 11.1. The SMILES string of the molecule is CC(C)(C)COCOCOCC(C)(C)C. The van der Waals surface area contributed by atoms with Crippen LogP contribution in [0, 0.1) is 10.8 Å². The monoisotopic (exact) mass is 218 g/mol. The summed E-state index contributed by atoms with van der Waals surface area (Å²) in [5, 5.41) is 0. The Kier molecular flexibility index (Phi) is 6.41. The normalized spacial score (nSPS) is 13.2. The maximum atomic E-state index is 5.33. The summed E-state index contributed by atoms with van der Waals surface area (Å²) in [6.07, 6.45) is 0. The fourth-order valence-electron chi connectivity index (χ4n) is 0.848. The Morgan fingerprint density at radius 2 is 0.933 bits per heavy atom. The summed E-state index contributed by atoms with van der Waals surface area (Å²) in [7, 11) is 0. The maximum Gasteiger partial charge on any atom is 0.149 e. The van der Waals surface area contributed by atoms with Crippen LogP contribution in [0.3, 0.4) is 0 Å². The first-order chi connectivity index (χ1) is 6.71. The van der Waals surface area contributed by atoms with Crippen molar-refractivity contribution >= 4 is 0 Å². The van der Waals surface area contributed by atoms with Crippen LogP contribution in [0.25, 0.3) is 0 Å². The van der Waals surface area contributed by atoms with E-state index in [-0.39, 0.29) is 10.8 Å². The molecule has 0 fully saturated rings. The molecule has 0 aliphatic heterocycles. The molecule has 0 radical (unpaired) electrons. The molecule has 15 heavy (non-hydrogen) atoms. The van der Waals surface area contributed by atoms with Gasteiger partial charge in [0.25, 0.3) is 0 Å². The van der Waals surface area contributed by atoms with E-state index in [0.29, 0.717) is 26.8 Å². The highest BCUT2D eigenvalue weighted by atomic mass is 16.7. The van der Waals surface area contributed by atoms with Crippen molar-refractivity contribution in [3.05, 3.63) is 0 Å². The molecule has 0 aromatic heterocycles. The summed E-state index contributed by atoms with van der Waals surface area (Å²) < 4.78 is 15.8. The molecule has 92 valence electrons. The van der Waals surface area contributed by atoms with Crippen molar-refractivity contribution in [1.82, 2.24) is 0 Å². The first kappa shape index (κ1) is 14.9. The summed E-state index contributed by atoms with van der Waals surface area (Å²) in [6, 6.07) is 0. The van der Waals surface area contributed by atoms with E-state index in [1.165, 1.54) is 0 Å². The fourth-order valence-corrected chi connectivity index (χ4v) is 0.848. The van der Waals surface area contributed by atoms with Crippen molar-refractivity contribution in [3.63, 3.8) is 0 Å². The largest absolute Gasteiger partial charge is 0.355 e. The molecule has 0 aliphatic carbocycles. The lowest BCUT2D eigenvalue weighted by atomic mass is 9.99. The Labute approximate surface area is 94.1 Å². The molecule has 0 rings (SSSR count). The van der Waals surface area contributed by atoms with Crippen LogP contribution in [0.1, 0.15) is 41.5 Å². The molecule has 0 amide bonds. The van der Waals surface area contributed by atoms with Crippen LogP contribution >= 0.6 is 0 Å². The fraction of sp³-hybridized carbons (Fsp3) is 1.00. The van der Waals surface area contributed by atoms with Gasteiger partial charge in [-0.1, -0.05) is 41.5 Å². The van der Waals surface area contributed by atoms with Crippen LogP contribution in [0.5, 0.6) is 0 Å². The lowest BCUT2D eigenvalue weighted by Crippen LogP contribution is -2.18. The third kappa shape index (κ3) is 13.9. The van der Waals surface area contributed by atoms with Crippen LogP contribution in [-0.2, 0) is 14.2 Å². The van der Waals surface area contributed by atoms with Gasteiger partial charge in [-0.05, 0) is 10.8 Å². The van der Waals surface area contributed by atoms with Gasteiger partial charge in [-0.25, -0.2) is 0 Å². The van der Waals surface area contributed by atoms with Crippen molar-refractivity contribution in [1.29, 1.82) is 0 Å². The Morgan fingerprint density at radius 3 is 1.20 bits per heavy atom. The molecule has 0 spiro atoms. The minimum atomic E-state index is 0.190. The molecule has 3 heteroatoms. The lowest BCUT2D eigenvalue weighted by molar-refractivity contribution is -0.148. The molecule has 0 unspecified atom stereocenters. The third-order valence-electron chi connectivity index (χ3n) is 1.40. The van der Waals surface area contributed by atoms with E-state index >= 15 is 0 Å². The molecule has 0 N–H and O–H groups in total. The minimum Gasteiger partial charge on any atom is -0.355 e. The summed E-state index contributed by atoms with van der Waals surface area (Å²) in [6.45, 7) is 14.8. The average molecular weight is 218 g/mol. The van der Waals surface area contributed by atoms with Gasteiger partial charge in [0.1, 0.15) is 13.6 Å². The molecule has 0 aromatic carbocycles. The minimum absolute atomic E-state index is 0.190. The Hall–Kier alpha value is -0.120. The van der Waals surface area contributed by atoms with E-state index in [9.17, 15) is 0 Å². The summed E-state index contributed by atoms with van der Waals surface area (Å²) in [5.41, 5.74) is 0.380. The third-order valence-corrected chi connectivity index (χ3v) is 1.40. The van der Waals surface area contributed by atoms with E-state index in [1.54, 1.807) is 0 Å². The first-order valence-electron chi connectivity index (χ1n) is 5.44. The van der Waals surface area contributed by atoms with Crippen LogP contribution in [0.4, 0.5) is 0 Å². The van der Waals surface area contributed by atoms with Gasteiger partial charge in [-0.2, -0.15) is 0 Å². The zero-order chi connectivity index (χ0) is 11.9. The number of rotatable bonds is 6. The smallest absolute Gasteiger partial charge is 0.149 e. The van der Waals surface area contributed by atoms with Crippen LogP contribution in [0.15, 0.2) is 0 Å². The highest BCUT2D eigenvalue weighted by Crippen LogP contribution is 2.13. The molecule has 0 aromatic rings. The van der Waals surface area contributed by atoms with Gasteiger partial charge >= 0.3 is 0 Å². The van der Waals surface area contributed by atoms with Gasteiger partial charge in [0.15, 0.2) is 0 Å². The van der Waals surface area contributed by atoms with Gasteiger partial charge < -0.3 is 14.2 Å². The molecule has 0 atom stereocenters. The van der Waals surface area contributed by atoms with Gasteiger partial charge in [0.05, 0.1) is 13.2 Å². The number of ether oxygens (including phenoxy) is 3. The van der Waals surface area contributed by atoms with Crippen LogP contribution in [-0.4, -0.2) is 26.8 Å². The molecular formula is C12H26O3. The molecular weight excluding hydrogens is 192 g/mol. The van der Waals surface area contributed by atoms with Gasteiger partial charge in [-0.3, -0.25) is 0 Å². The zero-order valence-corrected chi connectivity index (χ0v) is 11.1. The van der Waals surface area contributed by atoms with Crippen molar-refractivity contribution in [2.75, 3.05) is 26.8 Å². The Balaban J connectivity index is 3.20. The molecule has 3 nitrogen and oxygen atoms in total. The average Bonchev–Trinajstić information content (AvgIpc) is 1.98. The lowest BCUT2D eigenvalue weighted by Gasteiger charge is -2.19. The second-order valence-electron chi connectivity index (χ2n) is 6.26. The van der Waals surface area contributed by atoms with Gasteiger partial charge in [0.2, 0.25) is 0 Å². The Bertz CT molecular complexity index is 135. The predicted molar refractivity (Wildman–Crippen MR) is 61.6 cm³/mol. The van der Waals surface area contributed by atoms with E-state index in [4.69, 9.17) is 14.2 Å². The van der Waals surface area contributed by atoms with E-state index in [0.717, 1.165) is 0 Å². The van der Waals surface area contributed by atoms with Gasteiger partial charge in [0, 0.05) is 0 Å². The van der Waals surface area contributed by atoms with Crippen molar-refractivity contribution in [2.45, 2.75) is 41.5 Å². The number of hydrogen-bond donors (Lipinski definition) is 0.